The fourth-order valence-electron chi connectivity index (χ4n) is 8.03. The summed E-state index contributed by atoms with van der Waals surface area (Å²) in [7, 11) is 0. The molecule has 1 N–H and O–H groups in total. The maximum Gasteiger partial charge on any atom is 0.305 e. The number of nitrogens with zero attached hydrogens (tertiary/aromatic N) is 1. The van der Waals surface area contributed by atoms with Crippen LogP contribution in [0.15, 0.2) is 88.7 Å². The molecule has 6 nitrogen and oxygen atoms in total. The molecule has 2 bridgehead atoms. The number of thioether (sulfide) groups is 1. The third kappa shape index (κ3) is 3.80. The van der Waals surface area contributed by atoms with E-state index < -0.39 is 0 Å². The number of anilines is 1. The minimum Gasteiger partial charge on any atom is -0.489 e. The van der Waals surface area contributed by atoms with Gasteiger partial charge in [-0.1, -0.05) is 77.6 Å². The summed E-state index contributed by atoms with van der Waals surface area (Å²) in [4.78, 5) is 45.8. The largest absolute Gasteiger partial charge is 0.489 e. The minimum absolute atomic E-state index is 0.0628. The summed E-state index contributed by atoms with van der Waals surface area (Å²) in [6.07, 6.45) is 0.861. The zero-order valence-electron chi connectivity index (χ0n) is 22.4. The lowest BCUT2D eigenvalue weighted by atomic mass is 9.68. The molecule has 4 aromatic rings. The topological polar surface area (TPSA) is 79.5 Å². The van der Waals surface area contributed by atoms with Gasteiger partial charge in [0.15, 0.2) is 0 Å². The van der Waals surface area contributed by atoms with Crippen LogP contribution in [0, 0.1) is 36.5 Å². The molecule has 8 heteroatoms. The van der Waals surface area contributed by atoms with Crippen LogP contribution in [0.2, 0.25) is 0 Å². The number of imide groups is 1. The van der Waals surface area contributed by atoms with Gasteiger partial charge in [-0.2, -0.15) is 0 Å². The number of fused-ring (bicyclic) bond motifs is 9. The van der Waals surface area contributed by atoms with Crippen LogP contribution in [0.1, 0.15) is 33.9 Å². The van der Waals surface area contributed by atoms with Crippen LogP contribution in [0.3, 0.4) is 0 Å². The number of aromatic nitrogens is 1. The standard InChI is InChI=1S/C33H28N2O4S2/c1-17-8-7-9-18(14-17)16-39-23-13-6-5-12-20(23)24-25-21-15-22(28(25)40-30-29(24)41-33(38)34-30)27-26(21)31(36)35(32(27)37)19-10-3-2-4-11-19/h2-14,21-22,24-28H,15-16H2,1H3,(H,34,38)/t21?,22?,24-,25?,26?,27?,28?/m1/s1. The highest BCUT2D eigenvalue weighted by atomic mass is 32.2. The smallest absolute Gasteiger partial charge is 0.305 e. The second-order valence-electron chi connectivity index (χ2n) is 11.6. The first-order chi connectivity index (χ1) is 20.0. The lowest BCUT2D eigenvalue weighted by molar-refractivity contribution is -0.123. The van der Waals surface area contributed by atoms with Gasteiger partial charge in [0.25, 0.3) is 0 Å². The van der Waals surface area contributed by atoms with Gasteiger partial charge >= 0.3 is 4.87 Å². The zero-order chi connectivity index (χ0) is 27.8. The van der Waals surface area contributed by atoms with E-state index in [-0.39, 0.29) is 57.4 Å². The third-order valence-corrected chi connectivity index (χ3v) is 12.1. The second-order valence-corrected chi connectivity index (χ2v) is 13.8. The molecule has 0 spiro atoms. The van der Waals surface area contributed by atoms with E-state index in [9.17, 15) is 14.4 Å². The van der Waals surface area contributed by atoms with E-state index >= 15 is 0 Å². The van der Waals surface area contributed by atoms with E-state index in [2.05, 4.69) is 36.2 Å². The molecule has 0 radical (unpaired) electrons. The quantitative estimate of drug-likeness (QED) is 0.293. The van der Waals surface area contributed by atoms with Crippen LogP contribution in [-0.2, 0) is 16.2 Å². The molecule has 3 aromatic carbocycles. The molecule has 3 heterocycles. The molecule has 1 aromatic heterocycles. The van der Waals surface area contributed by atoms with Crippen LogP contribution in [0.5, 0.6) is 5.75 Å². The molecule has 206 valence electrons. The Balaban J connectivity index is 1.19. The van der Waals surface area contributed by atoms with E-state index in [1.54, 1.807) is 11.8 Å². The maximum atomic E-state index is 13.9. The summed E-state index contributed by atoms with van der Waals surface area (Å²) < 4.78 is 6.46. The summed E-state index contributed by atoms with van der Waals surface area (Å²) in [5.41, 5.74) is 3.99. The van der Waals surface area contributed by atoms with Gasteiger partial charge < -0.3 is 9.72 Å². The number of benzene rings is 3. The van der Waals surface area contributed by atoms with Crippen molar-refractivity contribution in [2.24, 2.45) is 29.6 Å². The van der Waals surface area contributed by atoms with Crippen molar-refractivity contribution in [2.45, 2.75) is 36.1 Å². The van der Waals surface area contributed by atoms with Gasteiger partial charge in [-0.05, 0) is 54.9 Å². The molecule has 41 heavy (non-hydrogen) atoms. The molecule has 2 amide bonds. The Morgan fingerprint density at radius 3 is 2.46 bits per heavy atom. The Bertz CT molecular complexity index is 1750. The molecule has 3 fully saturated rings. The first-order valence-electron chi connectivity index (χ1n) is 14.1. The van der Waals surface area contributed by atoms with Gasteiger partial charge in [0.05, 0.1) is 22.5 Å². The first kappa shape index (κ1) is 25.1. The Labute approximate surface area is 245 Å². The van der Waals surface area contributed by atoms with Gasteiger partial charge in [0.1, 0.15) is 12.4 Å². The molecular weight excluding hydrogens is 553 g/mol. The molecule has 8 rings (SSSR count). The number of aryl methyl sites for hydroxylation is 1. The monoisotopic (exact) mass is 580 g/mol. The number of aromatic amines is 1. The van der Waals surface area contributed by atoms with E-state index in [1.165, 1.54) is 21.8 Å². The van der Waals surface area contributed by atoms with Gasteiger partial charge in [-0.3, -0.25) is 19.3 Å². The summed E-state index contributed by atoms with van der Waals surface area (Å²) >= 11 is 2.98. The molecule has 4 aliphatic rings. The van der Waals surface area contributed by atoms with E-state index in [4.69, 9.17) is 4.74 Å². The van der Waals surface area contributed by atoms with Crippen molar-refractivity contribution in [3.05, 3.63) is 110 Å². The lowest BCUT2D eigenvalue weighted by Gasteiger charge is -2.43. The predicted molar refractivity (Wildman–Crippen MR) is 159 cm³/mol. The first-order valence-corrected chi connectivity index (χ1v) is 15.8. The van der Waals surface area contributed by atoms with Crippen molar-refractivity contribution in [3.63, 3.8) is 0 Å². The van der Waals surface area contributed by atoms with Gasteiger partial charge in [-0.15, -0.1) is 11.8 Å². The molecule has 7 atom stereocenters. The summed E-state index contributed by atoms with van der Waals surface area (Å²) in [5.74, 6) is 0.225. The molecule has 6 unspecified atom stereocenters. The highest BCUT2D eigenvalue weighted by Crippen LogP contribution is 2.69. The summed E-state index contributed by atoms with van der Waals surface area (Å²) in [5, 5.41) is 1.04. The second kappa shape index (κ2) is 9.46. The number of hydrogen-bond acceptors (Lipinski definition) is 6. The van der Waals surface area contributed by atoms with Crippen LogP contribution >= 0.6 is 23.1 Å². The molecular formula is C33H28N2O4S2. The van der Waals surface area contributed by atoms with Crippen molar-refractivity contribution in [3.8, 4) is 5.75 Å². The number of ether oxygens (including phenoxy) is 1. The van der Waals surface area contributed by atoms with Crippen LogP contribution < -0.4 is 14.5 Å². The normalized spacial score (nSPS) is 29.4. The summed E-state index contributed by atoms with van der Waals surface area (Å²) in [6, 6.07) is 25.7. The van der Waals surface area contributed by atoms with Gasteiger partial charge in [0.2, 0.25) is 11.8 Å². The highest BCUT2D eigenvalue weighted by Gasteiger charge is 2.69. The third-order valence-electron chi connectivity index (χ3n) is 9.47. The number of H-pyrrole nitrogens is 1. The number of nitrogens with one attached hydrogen (secondary N) is 1. The molecule has 2 aliphatic carbocycles. The number of para-hydroxylation sites is 2. The van der Waals surface area contributed by atoms with E-state index in [0.717, 1.165) is 33.2 Å². The van der Waals surface area contributed by atoms with Gasteiger partial charge in [-0.25, -0.2) is 0 Å². The average molecular weight is 581 g/mol. The van der Waals surface area contributed by atoms with Crippen molar-refractivity contribution < 1.29 is 14.3 Å². The van der Waals surface area contributed by atoms with Crippen molar-refractivity contribution in [2.75, 3.05) is 4.90 Å². The zero-order valence-corrected chi connectivity index (χ0v) is 24.0. The number of amides is 2. The van der Waals surface area contributed by atoms with Crippen molar-refractivity contribution in [1.82, 2.24) is 4.98 Å². The number of carbonyl (C=O) groups is 2. The number of hydrogen-bond donors (Lipinski definition) is 1. The van der Waals surface area contributed by atoms with Crippen molar-refractivity contribution in [1.29, 1.82) is 0 Å². The lowest BCUT2D eigenvalue weighted by Crippen LogP contribution is -2.42. The van der Waals surface area contributed by atoms with Crippen LogP contribution in [0.4, 0.5) is 5.69 Å². The average Bonchev–Trinajstić information content (AvgIpc) is 3.71. The maximum absolute atomic E-state index is 13.9. The Kier molecular flexibility index (Phi) is 5.80. The van der Waals surface area contributed by atoms with Gasteiger partial charge in [0, 0.05) is 21.6 Å². The Morgan fingerprint density at radius 1 is 0.902 bits per heavy atom. The Hall–Kier alpha value is -3.62. The fraction of sp³-hybridized carbons (Fsp3) is 0.303. The SMILES string of the molecule is Cc1cccc(COc2ccccc2[C@H]2c3sc(=O)[nH]c3SC3C4CC(C5C(=O)N(c6ccccc6)C(=O)C45)C32)c1. The number of carbonyl (C=O) groups excluding carboxylic acids is 2. The van der Waals surface area contributed by atoms with E-state index in [1.807, 2.05) is 54.6 Å². The molecule has 2 saturated carbocycles. The highest BCUT2D eigenvalue weighted by molar-refractivity contribution is 8.00. The van der Waals surface area contributed by atoms with Crippen LogP contribution in [0.25, 0.3) is 0 Å². The van der Waals surface area contributed by atoms with E-state index in [0.29, 0.717) is 12.3 Å². The number of rotatable bonds is 5. The minimum atomic E-state index is -0.324. The van der Waals surface area contributed by atoms with Crippen LogP contribution in [-0.4, -0.2) is 22.0 Å². The number of thiazole rings is 1. The fourth-order valence-corrected chi connectivity index (χ4v) is 10.9. The summed E-state index contributed by atoms with van der Waals surface area (Å²) in [6.45, 7) is 2.52. The molecule has 1 saturated heterocycles. The molecule has 2 aliphatic heterocycles. The van der Waals surface area contributed by atoms with Crippen molar-refractivity contribution >= 4 is 40.6 Å². The Morgan fingerprint density at radius 2 is 1.66 bits per heavy atom. The predicted octanol–water partition coefficient (Wildman–Crippen LogP) is 6.00.